The van der Waals surface area contributed by atoms with E-state index in [0.717, 1.165) is 12.2 Å². The fourth-order valence-corrected chi connectivity index (χ4v) is 1.40. The average molecular weight is 197 g/mol. The summed E-state index contributed by atoms with van der Waals surface area (Å²) in [4.78, 5) is 10.5. The van der Waals surface area contributed by atoms with Crippen molar-refractivity contribution in [3.05, 3.63) is 24.0 Å². The molecule has 0 aromatic carbocycles. The van der Waals surface area contributed by atoms with Crippen LogP contribution in [0.1, 0.15) is 12.8 Å². The first-order valence-electron chi connectivity index (χ1n) is 4.54. The molecule has 4 nitrogen and oxygen atoms in total. The SMILES string of the molecule is COC1=CCC(C[C@H](N)C(=O)O)C=C1. The third-order valence-corrected chi connectivity index (χ3v) is 2.26. The summed E-state index contributed by atoms with van der Waals surface area (Å²) in [5, 5.41) is 8.62. The zero-order valence-electron chi connectivity index (χ0n) is 8.14. The van der Waals surface area contributed by atoms with Gasteiger partial charge in [-0.3, -0.25) is 4.79 Å². The molecule has 1 rings (SSSR count). The van der Waals surface area contributed by atoms with Crippen molar-refractivity contribution in [3.8, 4) is 0 Å². The van der Waals surface area contributed by atoms with Gasteiger partial charge in [-0.2, -0.15) is 0 Å². The molecule has 1 aliphatic rings. The van der Waals surface area contributed by atoms with E-state index in [2.05, 4.69) is 0 Å². The Bertz CT molecular complexity index is 271. The molecule has 0 heterocycles. The van der Waals surface area contributed by atoms with Crippen LogP contribution in [0.4, 0.5) is 0 Å². The summed E-state index contributed by atoms with van der Waals surface area (Å²) in [6.07, 6.45) is 7.00. The molecule has 0 amide bonds. The van der Waals surface area contributed by atoms with E-state index < -0.39 is 12.0 Å². The molecule has 0 saturated carbocycles. The predicted molar refractivity (Wildman–Crippen MR) is 52.6 cm³/mol. The zero-order valence-corrected chi connectivity index (χ0v) is 8.14. The van der Waals surface area contributed by atoms with Gasteiger partial charge in [0.2, 0.25) is 0 Å². The van der Waals surface area contributed by atoms with Crippen LogP contribution in [0.5, 0.6) is 0 Å². The van der Waals surface area contributed by atoms with Gasteiger partial charge in [0.15, 0.2) is 0 Å². The molecule has 1 aliphatic carbocycles. The molecule has 3 N–H and O–H groups in total. The normalized spacial score (nSPS) is 22.7. The summed E-state index contributed by atoms with van der Waals surface area (Å²) < 4.78 is 5.02. The molecule has 0 fully saturated rings. The van der Waals surface area contributed by atoms with Crippen LogP contribution in [-0.4, -0.2) is 24.2 Å². The van der Waals surface area contributed by atoms with Crippen LogP contribution in [0.2, 0.25) is 0 Å². The van der Waals surface area contributed by atoms with Gasteiger partial charge in [0, 0.05) is 0 Å². The molecule has 0 bridgehead atoms. The number of rotatable bonds is 4. The number of carboxylic acid groups (broad SMARTS) is 1. The second kappa shape index (κ2) is 4.81. The van der Waals surface area contributed by atoms with E-state index in [1.807, 2.05) is 18.2 Å². The van der Waals surface area contributed by atoms with E-state index in [1.165, 1.54) is 0 Å². The van der Waals surface area contributed by atoms with Crippen LogP contribution in [0.25, 0.3) is 0 Å². The van der Waals surface area contributed by atoms with E-state index in [-0.39, 0.29) is 5.92 Å². The summed E-state index contributed by atoms with van der Waals surface area (Å²) in [5.74, 6) is 0.0880. The Hall–Kier alpha value is -1.29. The van der Waals surface area contributed by atoms with Gasteiger partial charge in [-0.05, 0) is 30.9 Å². The Kier molecular flexibility index (Phi) is 3.71. The first-order chi connectivity index (χ1) is 6.63. The van der Waals surface area contributed by atoms with E-state index in [1.54, 1.807) is 7.11 Å². The average Bonchev–Trinajstić information content (AvgIpc) is 2.19. The number of aliphatic carboxylic acids is 1. The second-order valence-corrected chi connectivity index (χ2v) is 3.35. The maximum absolute atomic E-state index is 10.5. The summed E-state index contributed by atoms with van der Waals surface area (Å²) >= 11 is 0. The number of carboxylic acids is 1. The van der Waals surface area contributed by atoms with Gasteiger partial charge in [0.1, 0.15) is 11.8 Å². The highest BCUT2D eigenvalue weighted by atomic mass is 16.5. The third kappa shape index (κ3) is 2.88. The standard InChI is InChI=1S/C10H15NO3/c1-14-8-4-2-7(3-5-8)6-9(11)10(12)13/h2,4-5,7,9H,3,6,11H2,1H3,(H,12,13)/t7?,9-/m0/s1. The van der Waals surface area contributed by atoms with E-state index in [4.69, 9.17) is 15.6 Å². The van der Waals surface area contributed by atoms with Gasteiger partial charge in [0.25, 0.3) is 0 Å². The van der Waals surface area contributed by atoms with Crippen molar-refractivity contribution in [1.29, 1.82) is 0 Å². The van der Waals surface area contributed by atoms with Crippen molar-refractivity contribution >= 4 is 5.97 Å². The second-order valence-electron chi connectivity index (χ2n) is 3.35. The largest absolute Gasteiger partial charge is 0.497 e. The fourth-order valence-electron chi connectivity index (χ4n) is 1.40. The summed E-state index contributed by atoms with van der Waals surface area (Å²) in [6.45, 7) is 0. The maximum Gasteiger partial charge on any atom is 0.320 e. The number of carbonyl (C=O) groups is 1. The molecule has 0 spiro atoms. The quantitative estimate of drug-likeness (QED) is 0.702. The Labute approximate surface area is 83.0 Å². The van der Waals surface area contributed by atoms with E-state index in [9.17, 15) is 4.79 Å². The molecule has 0 saturated heterocycles. The monoisotopic (exact) mass is 197 g/mol. The molecule has 14 heavy (non-hydrogen) atoms. The van der Waals surface area contributed by atoms with Crippen LogP contribution in [-0.2, 0) is 9.53 Å². The lowest BCUT2D eigenvalue weighted by Gasteiger charge is -2.17. The first kappa shape index (κ1) is 10.8. The smallest absolute Gasteiger partial charge is 0.320 e. The van der Waals surface area contributed by atoms with Crippen molar-refractivity contribution in [2.75, 3.05) is 7.11 Å². The Morgan fingerprint density at radius 2 is 2.57 bits per heavy atom. The number of methoxy groups -OCH3 is 1. The van der Waals surface area contributed by atoms with Crippen LogP contribution in [0.15, 0.2) is 24.0 Å². The molecule has 0 aromatic heterocycles. The first-order valence-corrected chi connectivity index (χ1v) is 4.54. The maximum atomic E-state index is 10.5. The predicted octanol–water partition coefficient (Wildman–Crippen LogP) is 0.895. The summed E-state index contributed by atoms with van der Waals surface area (Å²) in [7, 11) is 1.61. The molecule has 4 heteroatoms. The van der Waals surface area contributed by atoms with Crippen molar-refractivity contribution in [2.24, 2.45) is 11.7 Å². The lowest BCUT2D eigenvalue weighted by atomic mass is 9.93. The molecule has 2 atom stereocenters. The topological polar surface area (TPSA) is 72.5 Å². The van der Waals surface area contributed by atoms with Crippen LogP contribution < -0.4 is 5.73 Å². The third-order valence-electron chi connectivity index (χ3n) is 2.26. The van der Waals surface area contributed by atoms with Crippen LogP contribution >= 0.6 is 0 Å². The zero-order chi connectivity index (χ0) is 10.6. The summed E-state index contributed by atoms with van der Waals surface area (Å²) in [6, 6.07) is -0.776. The van der Waals surface area contributed by atoms with Crippen LogP contribution in [0, 0.1) is 5.92 Å². The van der Waals surface area contributed by atoms with Crippen molar-refractivity contribution in [1.82, 2.24) is 0 Å². The van der Waals surface area contributed by atoms with Gasteiger partial charge in [-0.1, -0.05) is 6.08 Å². The molecule has 1 unspecified atom stereocenters. The van der Waals surface area contributed by atoms with Gasteiger partial charge < -0.3 is 15.6 Å². The lowest BCUT2D eigenvalue weighted by molar-refractivity contribution is -0.138. The fraction of sp³-hybridized carbons (Fsp3) is 0.500. The van der Waals surface area contributed by atoms with Gasteiger partial charge in [0.05, 0.1) is 7.11 Å². The highest BCUT2D eigenvalue weighted by Gasteiger charge is 2.17. The minimum Gasteiger partial charge on any atom is -0.497 e. The van der Waals surface area contributed by atoms with Crippen LogP contribution in [0.3, 0.4) is 0 Å². The Balaban J connectivity index is 2.41. The lowest BCUT2D eigenvalue weighted by Crippen LogP contribution is -2.32. The van der Waals surface area contributed by atoms with Gasteiger partial charge in [-0.15, -0.1) is 0 Å². The molecule has 0 aromatic rings. The summed E-state index contributed by atoms with van der Waals surface area (Å²) in [5.41, 5.74) is 5.43. The van der Waals surface area contributed by atoms with E-state index >= 15 is 0 Å². The minimum atomic E-state index is -0.945. The Morgan fingerprint density at radius 1 is 1.86 bits per heavy atom. The van der Waals surface area contributed by atoms with E-state index in [0.29, 0.717) is 6.42 Å². The minimum absolute atomic E-state index is 0.208. The molecule has 0 radical (unpaired) electrons. The highest BCUT2D eigenvalue weighted by molar-refractivity contribution is 5.73. The number of ether oxygens (including phenoxy) is 1. The van der Waals surface area contributed by atoms with Gasteiger partial charge in [-0.25, -0.2) is 0 Å². The highest BCUT2D eigenvalue weighted by Crippen LogP contribution is 2.20. The Morgan fingerprint density at radius 3 is 3.00 bits per heavy atom. The number of hydrogen-bond acceptors (Lipinski definition) is 3. The molecular formula is C10H15NO3. The van der Waals surface area contributed by atoms with Crippen molar-refractivity contribution < 1.29 is 14.6 Å². The number of nitrogens with two attached hydrogens (primary N) is 1. The number of allylic oxidation sites excluding steroid dienone is 3. The van der Waals surface area contributed by atoms with Crippen molar-refractivity contribution in [2.45, 2.75) is 18.9 Å². The number of hydrogen-bond donors (Lipinski definition) is 2. The molecule has 78 valence electrons. The molecule has 0 aliphatic heterocycles. The molecular weight excluding hydrogens is 182 g/mol. The van der Waals surface area contributed by atoms with Gasteiger partial charge >= 0.3 is 5.97 Å². The van der Waals surface area contributed by atoms with Crippen molar-refractivity contribution in [3.63, 3.8) is 0 Å².